The lowest BCUT2D eigenvalue weighted by Crippen LogP contribution is -2.40. The third kappa shape index (κ3) is 4.72. The minimum Gasteiger partial charge on any atom is -0.383 e. The molecule has 3 heterocycles. The van der Waals surface area contributed by atoms with Crippen LogP contribution in [0.4, 0.5) is 20.3 Å². The Bertz CT molecular complexity index is 1430. The van der Waals surface area contributed by atoms with E-state index in [0.29, 0.717) is 41.2 Å². The summed E-state index contributed by atoms with van der Waals surface area (Å²) in [7, 11) is -4.27. The van der Waals surface area contributed by atoms with Crippen LogP contribution in [-0.2, 0) is 22.1 Å². The van der Waals surface area contributed by atoms with E-state index in [2.05, 4.69) is 26.1 Å². The maximum atomic E-state index is 13.8. The number of hydrogen-bond donors (Lipinski definition) is 4. The summed E-state index contributed by atoms with van der Waals surface area (Å²) in [6.45, 7) is 4.85. The van der Waals surface area contributed by atoms with Crippen molar-refractivity contribution in [1.29, 1.82) is 0 Å². The molecule has 9 nitrogen and oxygen atoms in total. The van der Waals surface area contributed by atoms with Crippen LogP contribution >= 0.6 is 0 Å². The second kappa shape index (κ2) is 9.51. The Morgan fingerprint density at radius 3 is 2.62 bits per heavy atom. The van der Waals surface area contributed by atoms with Crippen molar-refractivity contribution >= 4 is 27.4 Å². The molecule has 1 amide bonds. The summed E-state index contributed by atoms with van der Waals surface area (Å²) in [6, 6.07) is 9.66. The third-order valence-electron chi connectivity index (χ3n) is 6.93. The van der Waals surface area contributed by atoms with Gasteiger partial charge in [0.25, 0.3) is 5.91 Å². The third-order valence-corrected chi connectivity index (χ3v) is 8.93. The normalized spacial score (nSPS) is 19.1. The van der Waals surface area contributed by atoms with E-state index in [0.717, 1.165) is 35.8 Å². The number of nitrogens with one attached hydrogen (secondary N) is 4. The van der Waals surface area contributed by atoms with Crippen LogP contribution in [-0.4, -0.2) is 48.0 Å². The number of amides is 1. The van der Waals surface area contributed by atoms with Crippen LogP contribution in [0.5, 0.6) is 0 Å². The van der Waals surface area contributed by atoms with Gasteiger partial charge in [0.15, 0.2) is 5.82 Å². The maximum absolute atomic E-state index is 13.8. The number of nitrogens with zero attached hydrogens (tertiary/aromatic N) is 2. The molecule has 2 aliphatic heterocycles. The highest BCUT2D eigenvalue weighted by Crippen LogP contribution is 2.44. The van der Waals surface area contributed by atoms with Crippen molar-refractivity contribution in [3.05, 3.63) is 70.9 Å². The summed E-state index contributed by atoms with van der Waals surface area (Å²) >= 11 is 0. The fourth-order valence-electron chi connectivity index (χ4n) is 4.96. The molecule has 5 rings (SSSR count). The van der Waals surface area contributed by atoms with Crippen LogP contribution in [0.25, 0.3) is 0 Å². The minimum atomic E-state index is -4.27. The number of carbonyl (C=O) groups is 1. The van der Waals surface area contributed by atoms with Gasteiger partial charge in [0.05, 0.1) is 21.7 Å². The average molecular weight is 531 g/mol. The number of benzene rings is 2. The van der Waals surface area contributed by atoms with Crippen molar-refractivity contribution < 1.29 is 22.0 Å². The van der Waals surface area contributed by atoms with Crippen LogP contribution in [0, 0.1) is 11.6 Å². The minimum absolute atomic E-state index is 0.137. The van der Waals surface area contributed by atoms with Crippen molar-refractivity contribution in [3.8, 4) is 0 Å². The Kier molecular flexibility index (Phi) is 6.50. The number of sulfonamides is 1. The molecule has 0 aliphatic carbocycles. The lowest BCUT2D eigenvalue weighted by Gasteiger charge is -2.30. The van der Waals surface area contributed by atoms with Crippen molar-refractivity contribution in [2.75, 3.05) is 23.7 Å². The molecule has 0 radical (unpaired) electrons. The molecule has 0 spiro atoms. The molecule has 1 aromatic heterocycles. The Morgan fingerprint density at radius 2 is 1.92 bits per heavy atom. The van der Waals surface area contributed by atoms with Crippen molar-refractivity contribution in [3.63, 3.8) is 0 Å². The van der Waals surface area contributed by atoms with Crippen LogP contribution in [0.15, 0.2) is 47.4 Å². The van der Waals surface area contributed by atoms with Crippen LogP contribution in [0.3, 0.4) is 0 Å². The Morgan fingerprint density at radius 1 is 1.19 bits per heavy atom. The average Bonchev–Trinajstić information content (AvgIpc) is 3.56. The monoisotopic (exact) mass is 530 g/mol. The topological polar surface area (TPSA) is 119 Å². The molecule has 12 heteroatoms. The molecule has 0 bridgehead atoms. The van der Waals surface area contributed by atoms with E-state index in [1.54, 1.807) is 26.0 Å². The largest absolute Gasteiger partial charge is 0.383 e. The molecule has 2 aliphatic rings. The first-order valence-electron chi connectivity index (χ1n) is 12.0. The van der Waals surface area contributed by atoms with Crippen molar-refractivity contribution in [2.45, 2.75) is 49.7 Å². The molecule has 37 heavy (non-hydrogen) atoms. The number of aromatic amines is 1. The van der Waals surface area contributed by atoms with Gasteiger partial charge in [-0.15, -0.1) is 0 Å². The number of aromatic nitrogens is 2. The summed E-state index contributed by atoms with van der Waals surface area (Å²) in [5.41, 5.74) is 0.967. The highest BCUT2D eigenvalue weighted by Gasteiger charge is 2.48. The van der Waals surface area contributed by atoms with Gasteiger partial charge in [-0.3, -0.25) is 9.89 Å². The highest BCUT2D eigenvalue weighted by atomic mass is 32.2. The second-order valence-corrected chi connectivity index (χ2v) is 11.6. The first-order valence-corrected chi connectivity index (χ1v) is 13.5. The highest BCUT2D eigenvalue weighted by molar-refractivity contribution is 7.89. The molecule has 196 valence electrons. The quantitative estimate of drug-likeness (QED) is 0.371. The van der Waals surface area contributed by atoms with Gasteiger partial charge in [-0.2, -0.15) is 9.40 Å². The van der Waals surface area contributed by atoms with Crippen LogP contribution < -0.4 is 16.0 Å². The maximum Gasteiger partial charge on any atom is 0.258 e. The fourth-order valence-corrected chi connectivity index (χ4v) is 6.73. The predicted octanol–water partition coefficient (Wildman–Crippen LogP) is 3.54. The summed E-state index contributed by atoms with van der Waals surface area (Å²) in [6.07, 6.45) is 2.19. The Balaban J connectivity index is 1.38. The number of anilines is 2. The van der Waals surface area contributed by atoms with E-state index < -0.39 is 38.0 Å². The molecule has 1 fully saturated rings. The van der Waals surface area contributed by atoms with Crippen molar-refractivity contribution in [2.24, 2.45) is 0 Å². The summed E-state index contributed by atoms with van der Waals surface area (Å²) < 4.78 is 55.4. The smallest absolute Gasteiger partial charge is 0.258 e. The van der Waals surface area contributed by atoms with E-state index in [4.69, 9.17) is 0 Å². The standard InChI is InChI=1S/C25H28F2N6O3S/c1-25(2)22-20(14-33(25)37(35,36)18-11-15(26)10-16(27)12-18)23(32-31-22)30-24(34)19-7-3-4-8-21(19)29-13-17-6-5-9-28-17/h3-4,7-8,10-12,17,28-29H,5-6,9,13-14H2,1-2H3,(H2,30,31,32,34)/t17-/m0/s1. The number of para-hydroxylation sites is 1. The predicted molar refractivity (Wildman–Crippen MR) is 135 cm³/mol. The number of carbonyl (C=O) groups excluding carboxylic acids is 1. The van der Waals surface area contributed by atoms with Gasteiger partial charge in [0, 0.05) is 36.4 Å². The zero-order valence-electron chi connectivity index (χ0n) is 20.4. The summed E-state index contributed by atoms with van der Waals surface area (Å²) in [5.74, 6) is -2.18. The van der Waals surface area contributed by atoms with E-state index in [1.807, 2.05) is 12.1 Å². The molecule has 2 aromatic carbocycles. The molecule has 0 saturated carbocycles. The Hall–Kier alpha value is -3.35. The SMILES string of the molecule is CC1(C)c2[nH]nc(NC(=O)c3ccccc3NC[C@@H]3CCCN3)c2CN1S(=O)(=O)c1cc(F)cc(F)c1. The molecule has 4 N–H and O–H groups in total. The van der Waals surface area contributed by atoms with Crippen molar-refractivity contribution in [1.82, 2.24) is 19.8 Å². The number of halogens is 2. The molecule has 1 atom stereocenters. The van der Waals surface area contributed by atoms with Gasteiger partial charge in [-0.1, -0.05) is 12.1 Å². The Labute approximate surface area is 213 Å². The van der Waals surface area contributed by atoms with Gasteiger partial charge in [0.1, 0.15) is 11.6 Å². The number of rotatable bonds is 7. The molecule has 0 unspecified atom stereocenters. The van der Waals surface area contributed by atoms with Gasteiger partial charge in [-0.25, -0.2) is 17.2 Å². The van der Waals surface area contributed by atoms with E-state index in [-0.39, 0.29) is 12.4 Å². The summed E-state index contributed by atoms with van der Waals surface area (Å²) in [4.78, 5) is 12.7. The van der Waals surface area contributed by atoms with Crippen LogP contribution in [0.1, 0.15) is 48.3 Å². The van der Waals surface area contributed by atoms with E-state index >= 15 is 0 Å². The molecule has 3 aromatic rings. The number of hydrogen-bond acceptors (Lipinski definition) is 6. The van der Waals surface area contributed by atoms with Crippen LogP contribution in [0.2, 0.25) is 0 Å². The molecular formula is C25H28F2N6O3S. The van der Waals surface area contributed by atoms with Gasteiger partial charge >= 0.3 is 0 Å². The lowest BCUT2D eigenvalue weighted by molar-refractivity contribution is 0.102. The zero-order chi connectivity index (χ0) is 26.4. The molecular weight excluding hydrogens is 502 g/mol. The van der Waals surface area contributed by atoms with Gasteiger partial charge < -0.3 is 16.0 Å². The van der Waals surface area contributed by atoms with Gasteiger partial charge in [-0.05, 0) is 57.5 Å². The molecule has 1 saturated heterocycles. The van der Waals surface area contributed by atoms with E-state index in [9.17, 15) is 22.0 Å². The first kappa shape index (κ1) is 25.3. The summed E-state index contributed by atoms with van der Waals surface area (Å²) in [5, 5.41) is 16.6. The number of fused-ring (bicyclic) bond motifs is 1. The van der Waals surface area contributed by atoms with E-state index in [1.165, 1.54) is 0 Å². The lowest BCUT2D eigenvalue weighted by atomic mass is 10.0. The fraction of sp³-hybridized carbons (Fsp3) is 0.360. The number of H-pyrrole nitrogens is 1. The second-order valence-electron chi connectivity index (χ2n) is 9.78. The van der Waals surface area contributed by atoms with Gasteiger partial charge in [0.2, 0.25) is 10.0 Å². The first-order chi connectivity index (χ1) is 17.6. The zero-order valence-corrected chi connectivity index (χ0v) is 21.3.